The summed E-state index contributed by atoms with van der Waals surface area (Å²) in [7, 11) is -1.15. The third-order valence-corrected chi connectivity index (χ3v) is 8.02. The average molecular weight is 636 g/mol. The lowest BCUT2D eigenvalue weighted by Crippen LogP contribution is -2.45. The van der Waals surface area contributed by atoms with Crippen LogP contribution in [-0.4, -0.2) is 44.6 Å². The number of carbonyl (C=O) groups is 1. The number of aromatic nitrogens is 1. The van der Waals surface area contributed by atoms with Gasteiger partial charge in [0, 0.05) is 47.5 Å². The number of benzene rings is 2. The van der Waals surface area contributed by atoms with E-state index in [1.807, 2.05) is 0 Å². The van der Waals surface area contributed by atoms with Crippen LogP contribution in [0.2, 0.25) is 5.02 Å². The molecule has 1 saturated heterocycles. The molecular formula is C26H24ClF6N5O3S. The van der Waals surface area contributed by atoms with Crippen molar-refractivity contribution in [1.82, 2.24) is 20.8 Å². The first-order valence-corrected chi connectivity index (χ1v) is 14.2. The number of Topliss-reactive ketones (excluding diaryl/α,β-unsaturated/α-hetero) is 1. The highest BCUT2D eigenvalue weighted by atomic mass is 35.5. The van der Waals surface area contributed by atoms with E-state index in [9.17, 15) is 35.3 Å². The Morgan fingerprint density at radius 3 is 2.21 bits per heavy atom. The maximum absolute atomic E-state index is 13.9. The first-order chi connectivity index (χ1) is 19.7. The molecule has 0 bridgehead atoms. The standard InChI is InChI=1S/C26H24ClF6N5O3S/c1-14-20(23(41-37-14)18-4-2-3-5-19(18)27)22(39)21(36-34)24(38-6-8-42(40)9-7-38)35-13-15-10-16(25(28,29)30)12-17(11-15)26(31,32)33/h2-5,10-12,35-36H,6-9,13,34H2,1H3/b24-21+. The van der Waals surface area contributed by atoms with Gasteiger partial charge in [-0.2, -0.15) is 26.3 Å². The second-order valence-corrected chi connectivity index (χ2v) is 11.4. The lowest BCUT2D eigenvalue weighted by Gasteiger charge is -2.32. The van der Waals surface area contributed by atoms with Gasteiger partial charge >= 0.3 is 12.4 Å². The van der Waals surface area contributed by atoms with Crippen LogP contribution in [-0.2, 0) is 29.7 Å². The first kappa shape index (κ1) is 31.4. The summed E-state index contributed by atoms with van der Waals surface area (Å²) in [6.07, 6.45) is -10.1. The van der Waals surface area contributed by atoms with Gasteiger partial charge in [0.05, 0.1) is 27.4 Å². The fraction of sp³-hybridized carbons (Fsp3) is 0.308. The number of hydrazine groups is 1. The van der Waals surface area contributed by atoms with Crippen LogP contribution in [0.15, 0.2) is 58.5 Å². The predicted octanol–water partition coefficient (Wildman–Crippen LogP) is 5.01. The minimum atomic E-state index is -5.04. The number of ketones is 1. The molecule has 3 aromatic rings. The number of rotatable bonds is 8. The van der Waals surface area contributed by atoms with Crippen molar-refractivity contribution < 1.29 is 39.9 Å². The number of allylic oxidation sites excluding steroid dienone is 1. The smallest absolute Gasteiger partial charge is 0.366 e. The summed E-state index contributed by atoms with van der Waals surface area (Å²) in [5, 5.41) is 6.93. The number of nitrogens with two attached hydrogens (primary N) is 1. The second-order valence-electron chi connectivity index (χ2n) is 9.25. The van der Waals surface area contributed by atoms with Crippen molar-refractivity contribution in [3.63, 3.8) is 0 Å². The van der Waals surface area contributed by atoms with Crippen LogP contribution >= 0.6 is 11.6 Å². The summed E-state index contributed by atoms with van der Waals surface area (Å²) >= 11 is 6.30. The minimum absolute atomic E-state index is 0.0177. The summed E-state index contributed by atoms with van der Waals surface area (Å²) < 4.78 is 97.9. The van der Waals surface area contributed by atoms with E-state index in [4.69, 9.17) is 22.0 Å². The Balaban J connectivity index is 1.79. The molecule has 1 aliphatic heterocycles. The van der Waals surface area contributed by atoms with Crippen LogP contribution in [0.1, 0.15) is 32.7 Å². The number of alkyl halides is 6. The topological polar surface area (TPSA) is 113 Å². The normalized spacial score (nSPS) is 15.4. The maximum Gasteiger partial charge on any atom is 0.416 e. The quantitative estimate of drug-likeness (QED) is 0.104. The van der Waals surface area contributed by atoms with E-state index in [1.54, 1.807) is 29.2 Å². The van der Waals surface area contributed by atoms with Crippen molar-refractivity contribution in [1.29, 1.82) is 0 Å². The van der Waals surface area contributed by atoms with E-state index in [0.717, 1.165) is 0 Å². The van der Waals surface area contributed by atoms with Gasteiger partial charge in [-0.15, -0.1) is 0 Å². The Labute approximate surface area is 243 Å². The van der Waals surface area contributed by atoms with Crippen LogP contribution in [0.3, 0.4) is 0 Å². The molecule has 2 aromatic carbocycles. The Morgan fingerprint density at radius 2 is 1.67 bits per heavy atom. The third-order valence-electron chi connectivity index (χ3n) is 6.42. The van der Waals surface area contributed by atoms with Crippen LogP contribution in [0.4, 0.5) is 26.3 Å². The summed E-state index contributed by atoms with van der Waals surface area (Å²) in [6, 6.07) is 7.71. The van der Waals surface area contributed by atoms with Crippen molar-refractivity contribution in [3.8, 4) is 11.3 Å². The summed E-state index contributed by atoms with van der Waals surface area (Å²) in [4.78, 5) is 15.5. The zero-order valence-corrected chi connectivity index (χ0v) is 23.4. The van der Waals surface area contributed by atoms with Crippen molar-refractivity contribution in [2.75, 3.05) is 24.6 Å². The number of hydrogen-bond acceptors (Lipinski definition) is 8. The predicted molar refractivity (Wildman–Crippen MR) is 143 cm³/mol. The summed E-state index contributed by atoms with van der Waals surface area (Å²) in [6.45, 7) is 1.28. The largest absolute Gasteiger partial charge is 0.416 e. The molecule has 226 valence electrons. The van der Waals surface area contributed by atoms with Gasteiger partial charge in [-0.05, 0) is 42.8 Å². The molecule has 1 aliphatic rings. The van der Waals surface area contributed by atoms with Gasteiger partial charge < -0.3 is 20.2 Å². The highest BCUT2D eigenvalue weighted by Gasteiger charge is 2.37. The van der Waals surface area contributed by atoms with Crippen molar-refractivity contribution in [3.05, 3.63) is 87.0 Å². The van der Waals surface area contributed by atoms with Crippen molar-refractivity contribution in [2.45, 2.75) is 25.8 Å². The Morgan fingerprint density at radius 1 is 1.07 bits per heavy atom. The second kappa shape index (κ2) is 12.4. The molecule has 8 nitrogen and oxygen atoms in total. The van der Waals surface area contributed by atoms with Gasteiger partial charge in [0.1, 0.15) is 11.5 Å². The molecule has 0 saturated carbocycles. The van der Waals surface area contributed by atoms with Crippen LogP contribution in [0.25, 0.3) is 11.3 Å². The maximum atomic E-state index is 13.9. The fourth-order valence-corrected chi connectivity index (χ4v) is 5.63. The fourth-order valence-electron chi connectivity index (χ4n) is 4.36. The highest BCUT2D eigenvalue weighted by Crippen LogP contribution is 2.37. The van der Waals surface area contributed by atoms with Gasteiger partial charge in [-0.1, -0.05) is 28.9 Å². The van der Waals surface area contributed by atoms with E-state index < -0.39 is 46.6 Å². The minimum Gasteiger partial charge on any atom is -0.366 e. The number of aryl methyl sites for hydroxylation is 1. The van der Waals surface area contributed by atoms with E-state index in [1.165, 1.54) is 6.92 Å². The molecule has 0 spiro atoms. The van der Waals surface area contributed by atoms with Crippen LogP contribution in [0.5, 0.6) is 0 Å². The van der Waals surface area contributed by atoms with Gasteiger partial charge in [0.15, 0.2) is 5.76 Å². The molecular weight excluding hydrogens is 612 g/mol. The molecule has 4 rings (SSSR count). The number of halogens is 7. The molecule has 16 heteroatoms. The third kappa shape index (κ3) is 6.90. The number of carbonyl (C=O) groups excluding carboxylic acids is 1. The molecule has 42 heavy (non-hydrogen) atoms. The highest BCUT2D eigenvalue weighted by molar-refractivity contribution is 7.85. The van der Waals surface area contributed by atoms with Crippen LogP contribution in [0, 0.1) is 6.92 Å². The Bertz CT molecular complexity index is 1500. The van der Waals surface area contributed by atoms with Crippen LogP contribution < -0.4 is 16.6 Å². The zero-order valence-electron chi connectivity index (χ0n) is 21.8. The molecule has 1 aromatic heterocycles. The number of nitrogens with one attached hydrogen (secondary N) is 2. The van der Waals surface area contributed by atoms with E-state index in [0.29, 0.717) is 17.7 Å². The summed E-state index contributed by atoms with van der Waals surface area (Å²) in [5.74, 6) is 5.47. The lowest BCUT2D eigenvalue weighted by atomic mass is 10.0. The van der Waals surface area contributed by atoms with E-state index >= 15 is 0 Å². The number of hydrogen-bond donors (Lipinski definition) is 3. The zero-order chi connectivity index (χ0) is 30.8. The van der Waals surface area contributed by atoms with Gasteiger partial charge in [0.25, 0.3) is 0 Å². The molecule has 0 radical (unpaired) electrons. The van der Waals surface area contributed by atoms with Crippen molar-refractivity contribution in [2.24, 2.45) is 5.84 Å². The SMILES string of the molecule is Cc1noc(-c2ccccc2Cl)c1C(=O)/C(NN)=C(/NCc1cc(C(F)(F)F)cc(C(F)(F)F)c1)N1CCS(=O)CC1. The first-order valence-electron chi connectivity index (χ1n) is 12.3. The van der Waals surface area contributed by atoms with Gasteiger partial charge in [-0.3, -0.25) is 14.8 Å². The molecule has 2 heterocycles. The lowest BCUT2D eigenvalue weighted by molar-refractivity contribution is -0.143. The molecule has 0 aliphatic carbocycles. The van der Waals surface area contributed by atoms with E-state index in [2.05, 4.69) is 15.9 Å². The van der Waals surface area contributed by atoms with Gasteiger partial charge in [-0.25, -0.2) is 0 Å². The molecule has 0 atom stereocenters. The van der Waals surface area contributed by atoms with Gasteiger partial charge in [0.2, 0.25) is 5.78 Å². The monoisotopic (exact) mass is 635 g/mol. The van der Waals surface area contributed by atoms with Crippen molar-refractivity contribution >= 4 is 28.2 Å². The van der Waals surface area contributed by atoms with E-state index in [-0.39, 0.29) is 69.8 Å². The molecule has 1 fully saturated rings. The molecule has 0 amide bonds. The summed E-state index contributed by atoms with van der Waals surface area (Å²) in [5.41, 5.74) is -0.761. The molecule has 0 unspecified atom stereocenters. The molecule has 4 N–H and O–H groups in total. The Hall–Kier alpha value is -3.56. The Kier molecular flexibility index (Phi) is 9.23. The average Bonchev–Trinajstić information content (AvgIpc) is 3.31. The number of nitrogens with zero attached hydrogens (tertiary/aromatic N) is 2.